The monoisotopic (exact) mass is 441 g/mol. The molecule has 0 saturated carbocycles. The minimum Gasteiger partial charge on any atom is -0.481 e. The molecule has 5 N–H and O–H groups in total. The fourth-order valence-corrected chi connectivity index (χ4v) is 2.83. The molecular formula is C21H31NO9. The molecule has 31 heavy (non-hydrogen) atoms. The zero-order valence-corrected chi connectivity index (χ0v) is 18.0. The molecule has 1 heterocycles. The second-order valence-electron chi connectivity index (χ2n) is 7.86. The highest BCUT2D eigenvalue weighted by Gasteiger charge is 2.49. The fraction of sp³-hybridized carbons (Fsp3) is 0.619. The summed E-state index contributed by atoms with van der Waals surface area (Å²) in [6, 6.07) is 4.83. The Hall–Kier alpha value is -2.24. The van der Waals surface area contributed by atoms with E-state index in [0.29, 0.717) is 6.61 Å². The third-order valence-corrected chi connectivity index (χ3v) is 5.04. The smallest absolute Gasteiger partial charge is 0.315 e. The van der Waals surface area contributed by atoms with Gasteiger partial charge in [0.2, 0.25) is 12.2 Å². The highest BCUT2D eigenvalue weighted by atomic mass is 16.7. The molecule has 1 aromatic carbocycles. The van der Waals surface area contributed by atoms with Crippen LogP contribution in [0.5, 0.6) is 5.75 Å². The summed E-state index contributed by atoms with van der Waals surface area (Å²) in [5.41, 5.74) is 1.01. The zero-order valence-electron chi connectivity index (χ0n) is 18.0. The lowest BCUT2D eigenvalue weighted by molar-refractivity contribution is -0.306. The van der Waals surface area contributed by atoms with Gasteiger partial charge >= 0.3 is 5.97 Å². The van der Waals surface area contributed by atoms with Crippen LogP contribution >= 0.6 is 0 Å². The van der Waals surface area contributed by atoms with E-state index < -0.39 is 36.7 Å². The van der Waals surface area contributed by atoms with E-state index in [1.165, 1.54) is 6.07 Å². The Balaban J connectivity index is 2.32. The number of aliphatic hydroxyl groups excluding tert-OH is 3. The summed E-state index contributed by atoms with van der Waals surface area (Å²) in [7, 11) is 0. The van der Waals surface area contributed by atoms with E-state index in [2.05, 4.69) is 5.32 Å². The molecule has 0 radical (unpaired) electrons. The average molecular weight is 441 g/mol. The molecule has 1 amide bonds. The first-order chi connectivity index (χ1) is 14.5. The van der Waals surface area contributed by atoms with Crippen molar-refractivity contribution in [2.75, 3.05) is 5.32 Å². The Kier molecular flexibility index (Phi) is 8.78. The van der Waals surface area contributed by atoms with Crippen molar-refractivity contribution in [2.45, 2.75) is 71.6 Å². The van der Waals surface area contributed by atoms with Crippen molar-refractivity contribution in [1.82, 2.24) is 0 Å². The normalized spacial score (nSPS) is 27.0. The van der Waals surface area contributed by atoms with Crippen LogP contribution in [0.3, 0.4) is 0 Å². The quantitative estimate of drug-likeness (QED) is 0.378. The molecule has 0 spiro atoms. The molecule has 0 bridgehead atoms. The van der Waals surface area contributed by atoms with Crippen LogP contribution in [0, 0.1) is 11.8 Å². The van der Waals surface area contributed by atoms with Gasteiger partial charge in [-0.2, -0.15) is 0 Å². The van der Waals surface area contributed by atoms with Crippen LogP contribution in [0.25, 0.3) is 0 Å². The summed E-state index contributed by atoms with van der Waals surface area (Å²) < 4.78 is 16.4. The summed E-state index contributed by atoms with van der Waals surface area (Å²) in [5, 5.41) is 41.7. The lowest BCUT2D eigenvalue weighted by atomic mass is 9.94. The molecule has 1 saturated heterocycles. The van der Waals surface area contributed by atoms with E-state index in [1.807, 2.05) is 13.8 Å². The summed E-state index contributed by atoms with van der Waals surface area (Å²) in [5.74, 6) is -3.69. The van der Waals surface area contributed by atoms with E-state index >= 15 is 0 Å². The van der Waals surface area contributed by atoms with Crippen molar-refractivity contribution >= 4 is 17.6 Å². The number of carbonyl (C=O) groups is 2. The molecule has 1 fully saturated rings. The molecule has 10 heteroatoms. The van der Waals surface area contributed by atoms with Crippen molar-refractivity contribution < 1.29 is 44.2 Å². The Labute approximate surface area is 180 Å². The van der Waals surface area contributed by atoms with Gasteiger partial charge < -0.3 is 40.0 Å². The number of hydrogen-bond donors (Lipinski definition) is 5. The molecule has 1 aliphatic rings. The zero-order chi connectivity index (χ0) is 23.3. The highest BCUT2D eigenvalue weighted by molar-refractivity contribution is 5.93. The van der Waals surface area contributed by atoms with E-state index in [9.17, 15) is 30.0 Å². The summed E-state index contributed by atoms with van der Waals surface area (Å²) in [6.45, 7) is 7.66. The predicted molar refractivity (Wildman–Crippen MR) is 109 cm³/mol. The van der Waals surface area contributed by atoms with Gasteiger partial charge in [0.15, 0.2) is 6.29 Å². The second-order valence-corrected chi connectivity index (χ2v) is 7.86. The van der Waals surface area contributed by atoms with Gasteiger partial charge in [0.1, 0.15) is 23.9 Å². The Bertz CT molecular complexity index is 769. The minimum atomic E-state index is -1.84. The van der Waals surface area contributed by atoms with E-state index in [1.54, 1.807) is 26.0 Å². The molecule has 6 unspecified atom stereocenters. The predicted octanol–water partition coefficient (Wildman–Crippen LogP) is 1.07. The van der Waals surface area contributed by atoms with Crippen molar-refractivity contribution in [1.29, 1.82) is 0 Å². The highest BCUT2D eigenvalue weighted by Crippen LogP contribution is 2.33. The van der Waals surface area contributed by atoms with Gasteiger partial charge in [-0.05, 0) is 31.0 Å². The number of benzene rings is 1. The van der Waals surface area contributed by atoms with Crippen LogP contribution in [0.2, 0.25) is 0 Å². The van der Waals surface area contributed by atoms with Crippen molar-refractivity contribution in [2.24, 2.45) is 11.8 Å². The van der Waals surface area contributed by atoms with Crippen LogP contribution in [-0.4, -0.2) is 63.2 Å². The van der Waals surface area contributed by atoms with Crippen molar-refractivity contribution in [3.8, 4) is 5.75 Å². The number of aliphatic hydroxyl groups is 3. The lowest BCUT2D eigenvalue weighted by Gasteiger charge is -2.38. The summed E-state index contributed by atoms with van der Waals surface area (Å²) in [6.07, 6.45) is -6.19. The molecule has 6 atom stereocenters. The molecule has 0 aliphatic carbocycles. The maximum Gasteiger partial charge on any atom is 0.315 e. The number of carboxylic acid groups (broad SMARTS) is 1. The van der Waals surface area contributed by atoms with Gasteiger partial charge in [0.05, 0.1) is 18.4 Å². The first-order valence-electron chi connectivity index (χ1n) is 10.2. The Morgan fingerprint density at radius 2 is 1.84 bits per heavy atom. The van der Waals surface area contributed by atoms with E-state index in [-0.39, 0.29) is 29.4 Å². The minimum absolute atomic E-state index is 0.0472. The molecule has 2 rings (SSSR count). The molecule has 1 aromatic rings. The third-order valence-electron chi connectivity index (χ3n) is 5.04. The topological polar surface area (TPSA) is 155 Å². The number of carboxylic acids is 1. The number of carbonyl (C=O) groups excluding carboxylic acids is 1. The van der Waals surface area contributed by atoms with E-state index in [0.717, 1.165) is 12.0 Å². The van der Waals surface area contributed by atoms with Gasteiger partial charge in [-0.25, -0.2) is 0 Å². The first kappa shape index (κ1) is 25.0. The van der Waals surface area contributed by atoms with Gasteiger partial charge in [-0.1, -0.05) is 26.8 Å². The number of ether oxygens (including phenoxy) is 3. The number of nitrogens with one attached hydrogen (secondary N) is 1. The Morgan fingerprint density at radius 3 is 2.42 bits per heavy atom. The maximum absolute atomic E-state index is 12.3. The third kappa shape index (κ3) is 6.37. The number of hydrogen-bond acceptors (Lipinski definition) is 8. The first-order valence-corrected chi connectivity index (χ1v) is 10.2. The number of anilines is 1. The number of amides is 1. The van der Waals surface area contributed by atoms with Gasteiger partial charge in [-0.15, -0.1) is 0 Å². The van der Waals surface area contributed by atoms with Gasteiger partial charge in [-0.3, -0.25) is 9.59 Å². The summed E-state index contributed by atoms with van der Waals surface area (Å²) >= 11 is 0. The van der Waals surface area contributed by atoms with Crippen LogP contribution in [0.1, 0.15) is 39.7 Å². The number of aliphatic carboxylic acids is 1. The summed E-state index contributed by atoms with van der Waals surface area (Å²) in [4.78, 5) is 23.9. The lowest BCUT2D eigenvalue weighted by Crippen LogP contribution is -2.58. The van der Waals surface area contributed by atoms with Crippen molar-refractivity contribution in [3.05, 3.63) is 23.8 Å². The van der Waals surface area contributed by atoms with E-state index in [4.69, 9.17) is 14.2 Å². The molecule has 1 aliphatic heterocycles. The maximum atomic E-state index is 12.3. The SMILES string of the molecule is CCC(C)OCc1ccc(OC2OC(O)C(O)C(O)C2C(=O)O)c(NC(=O)C(C)C)c1. The molecular weight excluding hydrogens is 410 g/mol. The Morgan fingerprint density at radius 1 is 1.16 bits per heavy atom. The average Bonchev–Trinajstić information content (AvgIpc) is 2.71. The van der Waals surface area contributed by atoms with Crippen molar-refractivity contribution in [3.63, 3.8) is 0 Å². The molecule has 174 valence electrons. The molecule has 10 nitrogen and oxygen atoms in total. The van der Waals surface area contributed by atoms with Crippen LogP contribution in [0.4, 0.5) is 5.69 Å². The second kappa shape index (κ2) is 10.9. The van der Waals surface area contributed by atoms with Crippen LogP contribution < -0.4 is 10.1 Å². The van der Waals surface area contributed by atoms with Crippen LogP contribution in [-0.2, 0) is 25.7 Å². The van der Waals surface area contributed by atoms with Gasteiger partial charge in [0.25, 0.3) is 0 Å². The largest absolute Gasteiger partial charge is 0.481 e. The van der Waals surface area contributed by atoms with Gasteiger partial charge in [0, 0.05) is 5.92 Å². The molecule has 0 aromatic heterocycles. The standard InChI is InChI=1S/C21H31NO9/c1-5-11(4)29-9-12-6-7-14(13(8-12)22-18(25)10(2)3)30-21-15(19(26)27)16(23)17(24)20(28)31-21/h6-8,10-11,15-17,20-21,23-24,28H,5,9H2,1-4H3,(H,22,25)(H,26,27). The fourth-order valence-electron chi connectivity index (χ4n) is 2.83. The number of rotatable bonds is 9. The van der Waals surface area contributed by atoms with Crippen LogP contribution in [0.15, 0.2) is 18.2 Å².